The quantitative estimate of drug-likeness (QED) is 0.431. The van der Waals surface area contributed by atoms with Crippen LogP contribution in [0.3, 0.4) is 0 Å². The molecule has 0 amide bonds. The van der Waals surface area contributed by atoms with Gasteiger partial charge in [0.05, 0.1) is 0 Å². The maximum Gasteiger partial charge on any atom is -0.0250 e. The van der Waals surface area contributed by atoms with Gasteiger partial charge in [0.1, 0.15) is 0 Å². The summed E-state index contributed by atoms with van der Waals surface area (Å²) in [5.41, 5.74) is 6.09. The zero-order valence-corrected chi connectivity index (χ0v) is 17.6. The number of hydrogen-bond donors (Lipinski definition) is 0. The lowest BCUT2D eigenvalue weighted by Crippen LogP contribution is -2.18. The zero-order chi connectivity index (χ0) is 18.9. The molecule has 2 aromatic carbocycles. The van der Waals surface area contributed by atoms with E-state index in [2.05, 4.69) is 62.4 Å². The van der Waals surface area contributed by atoms with Gasteiger partial charge >= 0.3 is 0 Å². The van der Waals surface area contributed by atoms with E-state index in [9.17, 15) is 0 Å². The molecule has 1 fully saturated rings. The fraction of sp³-hybridized carbons (Fsp3) is 0.556. The van der Waals surface area contributed by atoms with Crippen molar-refractivity contribution in [1.29, 1.82) is 0 Å². The first-order valence-corrected chi connectivity index (χ1v) is 11.4. The summed E-state index contributed by atoms with van der Waals surface area (Å²) in [5.74, 6) is 1.80. The molecule has 27 heavy (non-hydrogen) atoms. The third kappa shape index (κ3) is 6.52. The van der Waals surface area contributed by atoms with Gasteiger partial charge in [-0.1, -0.05) is 75.2 Å². The second-order valence-corrected chi connectivity index (χ2v) is 8.78. The zero-order valence-electron chi connectivity index (χ0n) is 17.6. The van der Waals surface area contributed by atoms with E-state index in [0.717, 1.165) is 11.8 Å². The Morgan fingerprint density at radius 2 is 0.963 bits per heavy atom. The lowest BCUT2D eigenvalue weighted by Gasteiger charge is -2.28. The molecular weight excluding hydrogens is 324 g/mol. The first kappa shape index (κ1) is 20.2. The maximum absolute atomic E-state index is 2.38. The van der Waals surface area contributed by atoms with Gasteiger partial charge in [-0.25, -0.2) is 0 Å². The summed E-state index contributed by atoms with van der Waals surface area (Å²) in [6.45, 7) is 4.53. The van der Waals surface area contributed by atoms with Gasteiger partial charge in [0.25, 0.3) is 0 Å². The maximum atomic E-state index is 2.38. The molecule has 1 aliphatic rings. The van der Waals surface area contributed by atoms with Crippen molar-refractivity contribution in [1.82, 2.24) is 0 Å². The van der Waals surface area contributed by atoms with Gasteiger partial charge in [0.2, 0.25) is 0 Å². The molecule has 3 rings (SSSR count). The highest BCUT2D eigenvalue weighted by Gasteiger charge is 2.21. The van der Waals surface area contributed by atoms with E-state index in [4.69, 9.17) is 0 Å². The Bertz CT molecular complexity index is 641. The minimum atomic E-state index is 0.898. The van der Waals surface area contributed by atoms with Gasteiger partial charge in [0.15, 0.2) is 0 Å². The van der Waals surface area contributed by atoms with Crippen molar-refractivity contribution in [3.05, 3.63) is 70.8 Å². The van der Waals surface area contributed by atoms with E-state index < -0.39 is 0 Å². The van der Waals surface area contributed by atoms with Crippen LogP contribution in [0.4, 0.5) is 0 Å². The summed E-state index contributed by atoms with van der Waals surface area (Å²) in [6.07, 6.45) is 14.5. The largest absolute Gasteiger partial charge is 0.0654 e. The average molecular weight is 363 g/mol. The lowest BCUT2D eigenvalue weighted by atomic mass is 9.77. The standard InChI is InChI=1S/C27H38/c1-3-5-7-23-10-14-25(15-11-23)21-27-18-16-26(17-19-27)20-24-12-8-22(6-4-2)9-13-24/h8-15,26-27H,3-7,16-21H2,1-2H3. The highest BCUT2D eigenvalue weighted by Crippen LogP contribution is 2.33. The molecule has 1 saturated carbocycles. The summed E-state index contributed by atoms with van der Waals surface area (Å²) < 4.78 is 0. The molecule has 0 nitrogen and oxygen atoms in total. The Morgan fingerprint density at radius 3 is 1.37 bits per heavy atom. The van der Waals surface area contributed by atoms with Crippen molar-refractivity contribution >= 4 is 0 Å². The van der Waals surface area contributed by atoms with Gasteiger partial charge in [0, 0.05) is 0 Å². The summed E-state index contributed by atoms with van der Waals surface area (Å²) in [4.78, 5) is 0. The predicted octanol–water partition coefficient (Wildman–Crippen LogP) is 7.57. The van der Waals surface area contributed by atoms with E-state index in [0.29, 0.717) is 0 Å². The second-order valence-electron chi connectivity index (χ2n) is 8.78. The molecular formula is C27H38. The molecule has 0 radical (unpaired) electrons. The van der Waals surface area contributed by atoms with Crippen LogP contribution >= 0.6 is 0 Å². The summed E-state index contributed by atoms with van der Waals surface area (Å²) in [5, 5.41) is 0. The van der Waals surface area contributed by atoms with Crippen LogP contribution in [0.5, 0.6) is 0 Å². The molecule has 146 valence electrons. The van der Waals surface area contributed by atoms with Crippen molar-refractivity contribution in [2.24, 2.45) is 11.8 Å². The smallest absolute Gasteiger partial charge is 0.0250 e. The predicted molar refractivity (Wildman–Crippen MR) is 118 cm³/mol. The molecule has 0 N–H and O–H groups in total. The molecule has 0 unspecified atom stereocenters. The van der Waals surface area contributed by atoms with Crippen molar-refractivity contribution in [2.75, 3.05) is 0 Å². The van der Waals surface area contributed by atoms with Gasteiger partial charge in [-0.05, 0) is 91.9 Å². The third-order valence-electron chi connectivity index (χ3n) is 6.42. The van der Waals surface area contributed by atoms with Crippen LogP contribution in [-0.4, -0.2) is 0 Å². The molecule has 1 aliphatic carbocycles. The van der Waals surface area contributed by atoms with Crippen molar-refractivity contribution in [3.8, 4) is 0 Å². The third-order valence-corrected chi connectivity index (χ3v) is 6.42. The molecule has 0 aromatic heterocycles. The van der Waals surface area contributed by atoms with Crippen LogP contribution in [0.25, 0.3) is 0 Å². The highest BCUT2D eigenvalue weighted by atomic mass is 14.3. The highest BCUT2D eigenvalue weighted by molar-refractivity contribution is 5.24. The molecule has 0 saturated heterocycles. The Kier molecular flexibility index (Phi) is 7.99. The van der Waals surface area contributed by atoms with Gasteiger partial charge < -0.3 is 0 Å². The number of unbranched alkanes of at least 4 members (excludes halogenated alkanes) is 1. The van der Waals surface area contributed by atoms with E-state index in [1.54, 1.807) is 11.1 Å². The lowest BCUT2D eigenvalue weighted by molar-refractivity contribution is 0.272. The summed E-state index contributed by atoms with van der Waals surface area (Å²) in [7, 11) is 0. The SMILES string of the molecule is CCCCc1ccc(CC2CCC(Cc3ccc(CCC)cc3)CC2)cc1. The first-order chi connectivity index (χ1) is 13.3. The Hall–Kier alpha value is -1.56. The van der Waals surface area contributed by atoms with Crippen LogP contribution < -0.4 is 0 Å². The van der Waals surface area contributed by atoms with Gasteiger partial charge in [-0.3, -0.25) is 0 Å². The van der Waals surface area contributed by atoms with Gasteiger partial charge in [-0.15, -0.1) is 0 Å². The Balaban J connectivity index is 1.42. The number of aryl methyl sites for hydroxylation is 2. The average Bonchev–Trinajstić information content (AvgIpc) is 2.71. The summed E-state index contributed by atoms with van der Waals surface area (Å²) >= 11 is 0. The molecule has 0 spiro atoms. The van der Waals surface area contributed by atoms with Gasteiger partial charge in [-0.2, -0.15) is 0 Å². The molecule has 0 atom stereocenters. The van der Waals surface area contributed by atoms with E-state index in [1.807, 2.05) is 0 Å². The summed E-state index contributed by atoms with van der Waals surface area (Å²) in [6, 6.07) is 18.9. The number of hydrogen-bond acceptors (Lipinski definition) is 0. The van der Waals surface area contributed by atoms with Crippen LogP contribution in [0.2, 0.25) is 0 Å². The fourth-order valence-corrected chi connectivity index (χ4v) is 4.66. The topological polar surface area (TPSA) is 0 Å². The first-order valence-electron chi connectivity index (χ1n) is 11.4. The van der Waals surface area contributed by atoms with Crippen LogP contribution in [0.1, 0.15) is 81.0 Å². The van der Waals surface area contributed by atoms with Crippen LogP contribution in [-0.2, 0) is 25.7 Å². The van der Waals surface area contributed by atoms with E-state index >= 15 is 0 Å². The molecule has 0 heteroatoms. The minimum Gasteiger partial charge on any atom is -0.0654 e. The number of benzene rings is 2. The van der Waals surface area contributed by atoms with Crippen LogP contribution in [0, 0.1) is 11.8 Å². The van der Waals surface area contributed by atoms with Crippen LogP contribution in [0.15, 0.2) is 48.5 Å². The second kappa shape index (κ2) is 10.7. The molecule has 0 heterocycles. The normalized spacial score (nSPS) is 19.9. The Morgan fingerprint density at radius 1 is 0.556 bits per heavy atom. The minimum absolute atomic E-state index is 0.898. The monoisotopic (exact) mass is 362 g/mol. The molecule has 0 aliphatic heterocycles. The number of rotatable bonds is 9. The van der Waals surface area contributed by atoms with Crippen molar-refractivity contribution < 1.29 is 0 Å². The van der Waals surface area contributed by atoms with E-state index in [-0.39, 0.29) is 0 Å². The fourth-order valence-electron chi connectivity index (χ4n) is 4.66. The van der Waals surface area contributed by atoms with Crippen molar-refractivity contribution in [2.45, 2.75) is 84.5 Å². The Labute approximate surface area is 167 Å². The van der Waals surface area contributed by atoms with Crippen molar-refractivity contribution in [3.63, 3.8) is 0 Å². The molecule has 2 aromatic rings. The molecule has 0 bridgehead atoms. The van der Waals surface area contributed by atoms with E-state index in [1.165, 1.54) is 81.8 Å².